The average molecular weight is 456 g/mol. The molecule has 0 radical (unpaired) electrons. The van der Waals surface area contributed by atoms with Gasteiger partial charge in [-0.25, -0.2) is 4.79 Å². The van der Waals surface area contributed by atoms with E-state index in [-0.39, 0.29) is 24.0 Å². The van der Waals surface area contributed by atoms with Crippen molar-refractivity contribution in [1.82, 2.24) is 15.6 Å². The van der Waals surface area contributed by atoms with E-state index in [1.54, 1.807) is 43.3 Å². The van der Waals surface area contributed by atoms with Gasteiger partial charge in [-0.2, -0.15) is 0 Å². The SMILES string of the molecule is CCC(NC(=O)C(Cc1cc(=O)[nH]c2ccccc12)NC(=O)c1ccc(Cl)cc1)C(=O)O. The normalized spacial score (nSPS) is 12.7. The van der Waals surface area contributed by atoms with Crippen LogP contribution in [0.15, 0.2) is 59.4 Å². The molecule has 0 spiro atoms. The van der Waals surface area contributed by atoms with Crippen LogP contribution in [0, 0.1) is 0 Å². The summed E-state index contributed by atoms with van der Waals surface area (Å²) in [6, 6.07) is 12.4. The number of nitrogens with one attached hydrogen (secondary N) is 3. The minimum Gasteiger partial charge on any atom is -0.480 e. The summed E-state index contributed by atoms with van der Waals surface area (Å²) in [5.41, 5.74) is 1.08. The number of amides is 2. The van der Waals surface area contributed by atoms with E-state index >= 15 is 0 Å². The van der Waals surface area contributed by atoms with Crippen molar-refractivity contribution < 1.29 is 19.5 Å². The molecule has 1 aromatic heterocycles. The standard InChI is InChI=1S/C23H22ClN3O5/c1-2-17(23(31)32)26-22(30)19(27-21(29)13-7-9-15(24)10-8-13)11-14-12-20(28)25-18-6-4-3-5-16(14)18/h3-10,12,17,19H,2,11H2,1H3,(H,25,28)(H,26,30)(H,27,29)(H,31,32). The maximum absolute atomic E-state index is 13.0. The van der Waals surface area contributed by atoms with E-state index in [0.717, 1.165) is 5.39 Å². The Morgan fingerprint density at radius 1 is 1.03 bits per heavy atom. The molecule has 3 rings (SSSR count). The number of fused-ring (bicyclic) bond motifs is 1. The number of pyridine rings is 1. The summed E-state index contributed by atoms with van der Waals surface area (Å²) in [7, 11) is 0. The first-order chi connectivity index (χ1) is 15.3. The molecule has 0 saturated heterocycles. The van der Waals surface area contributed by atoms with Crippen LogP contribution in [0.3, 0.4) is 0 Å². The second-order valence-electron chi connectivity index (χ2n) is 7.25. The second-order valence-corrected chi connectivity index (χ2v) is 7.69. The van der Waals surface area contributed by atoms with Crippen molar-refractivity contribution in [2.24, 2.45) is 0 Å². The Bertz CT molecular complexity index is 1210. The number of carbonyl (C=O) groups is 3. The van der Waals surface area contributed by atoms with Gasteiger partial charge in [0.2, 0.25) is 11.5 Å². The lowest BCUT2D eigenvalue weighted by atomic mass is 10.00. The highest BCUT2D eigenvalue weighted by atomic mass is 35.5. The van der Waals surface area contributed by atoms with Gasteiger partial charge in [0.15, 0.2) is 0 Å². The summed E-state index contributed by atoms with van der Waals surface area (Å²) in [4.78, 5) is 51.9. The monoisotopic (exact) mass is 455 g/mol. The molecule has 3 aromatic rings. The smallest absolute Gasteiger partial charge is 0.326 e. The van der Waals surface area contributed by atoms with Crippen LogP contribution < -0.4 is 16.2 Å². The fraction of sp³-hybridized carbons (Fsp3) is 0.217. The zero-order valence-corrected chi connectivity index (χ0v) is 18.0. The lowest BCUT2D eigenvalue weighted by Gasteiger charge is -2.21. The van der Waals surface area contributed by atoms with Gasteiger partial charge < -0.3 is 20.7 Å². The van der Waals surface area contributed by atoms with Crippen LogP contribution in [0.25, 0.3) is 10.9 Å². The van der Waals surface area contributed by atoms with Crippen LogP contribution in [0.4, 0.5) is 0 Å². The number of aromatic amines is 1. The second kappa shape index (κ2) is 10.1. The molecule has 0 aliphatic carbocycles. The van der Waals surface area contributed by atoms with E-state index in [2.05, 4.69) is 15.6 Å². The predicted molar refractivity (Wildman–Crippen MR) is 121 cm³/mol. The zero-order chi connectivity index (χ0) is 23.3. The Morgan fingerprint density at radius 2 is 1.72 bits per heavy atom. The van der Waals surface area contributed by atoms with Gasteiger partial charge in [-0.3, -0.25) is 14.4 Å². The van der Waals surface area contributed by atoms with Crippen LogP contribution in [0.1, 0.15) is 29.3 Å². The Balaban J connectivity index is 1.94. The predicted octanol–water partition coefficient (Wildman–Crippen LogP) is 2.50. The molecule has 0 aliphatic heterocycles. The van der Waals surface area contributed by atoms with Crippen molar-refractivity contribution in [1.29, 1.82) is 0 Å². The molecule has 8 nitrogen and oxygen atoms in total. The molecular weight excluding hydrogens is 434 g/mol. The van der Waals surface area contributed by atoms with E-state index in [9.17, 15) is 24.3 Å². The number of carboxylic acids is 1. The van der Waals surface area contributed by atoms with E-state index in [0.29, 0.717) is 16.1 Å². The third-order valence-electron chi connectivity index (χ3n) is 5.01. The fourth-order valence-electron chi connectivity index (χ4n) is 3.33. The molecule has 9 heteroatoms. The number of rotatable bonds is 8. The van der Waals surface area contributed by atoms with Gasteiger partial charge in [-0.05, 0) is 42.3 Å². The quantitative estimate of drug-likeness (QED) is 0.415. The number of hydrogen-bond acceptors (Lipinski definition) is 4. The summed E-state index contributed by atoms with van der Waals surface area (Å²) in [6.07, 6.45) is 0.165. The zero-order valence-electron chi connectivity index (χ0n) is 17.2. The number of aromatic nitrogens is 1. The average Bonchev–Trinajstić information content (AvgIpc) is 2.76. The van der Waals surface area contributed by atoms with Gasteiger partial charge in [-0.15, -0.1) is 0 Å². The number of benzene rings is 2. The molecule has 32 heavy (non-hydrogen) atoms. The van der Waals surface area contributed by atoms with Crippen molar-refractivity contribution in [3.8, 4) is 0 Å². The number of H-pyrrole nitrogens is 1. The van der Waals surface area contributed by atoms with Gasteiger partial charge in [0.1, 0.15) is 12.1 Å². The van der Waals surface area contributed by atoms with Crippen LogP contribution in [-0.2, 0) is 16.0 Å². The first-order valence-corrected chi connectivity index (χ1v) is 10.4. The van der Waals surface area contributed by atoms with Crippen molar-refractivity contribution in [2.75, 3.05) is 0 Å². The first-order valence-electron chi connectivity index (χ1n) is 9.99. The molecule has 0 bridgehead atoms. The summed E-state index contributed by atoms with van der Waals surface area (Å²) >= 11 is 5.87. The Morgan fingerprint density at radius 3 is 2.38 bits per heavy atom. The molecule has 166 valence electrons. The Hall–Kier alpha value is -3.65. The van der Waals surface area contributed by atoms with Crippen molar-refractivity contribution in [2.45, 2.75) is 31.8 Å². The highest BCUT2D eigenvalue weighted by molar-refractivity contribution is 6.30. The molecule has 2 aromatic carbocycles. The molecule has 0 fully saturated rings. The number of carboxylic acid groups (broad SMARTS) is 1. The molecule has 2 atom stereocenters. The van der Waals surface area contributed by atoms with Gasteiger partial charge in [0.05, 0.1) is 0 Å². The van der Waals surface area contributed by atoms with Crippen LogP contribution in [0.5, 0.6) is 0 Å². The maximum Gasteiger partial charge on any atom is 0.326 e. The molecule has 0 saturated carbocycles. The molecule has 2 unspecified atom stereocenters. The number of hydrogen-bond donors (Lipinski definition) is 4. The van der Waals surface area contributed by atoms with Crippen LogP contribution >= 0.6 is 11.6 Å². The van der Waals surface area contributed by atoms with E-state index in [4.69, 9.17) is 11.6 Å². The molecular formula is C23H22ClN3O5. The van der Waals surface area contributed by atoms with E-state index < -0.39 is 29.9 Å². The van der Waals surface area contributed by atoms with Crippen molar-refractivity contribution >= 4 is 40.3 Å². The number of para-hydroxylation sites is 1. The van der Waals surface area contributed by atoms with Gasteiger partial charge >= 0.3 is 5.97 Å². The first kappa shape index (κ1) is 23.0. The topological polar surface area (TPSA) is 128 Å². The van der Waals surface area contributed by atoms with Gasteiger partial charge in [0.25, 0.3) is 5.91 Å². The van der Waals surface area contributed by atoms with Crippen molar-refractivity contribution in [3.05, 3.63) is 81.1 Å². The Kier molecular flexibility index (Phi) is 7.27. The minimum absolute atomic E-state index is 0.00828. The largest absolute Gasteiger partial charge is 0.480 e. The molecule has 1 heterocycles. The molecule has 4 N–H and O–H groups in total. The van der Waals surface area contributed by atoms with E-state index in [1.807, 2.05) is 0 Å². The number of carbonyl (C=O) groups excluding carboxylic acids is 2. The highest BCUT2D eigenvalue weighted by Crippen LogP contribution is 2.17. The maximum atomic E-state index is 13.0. The third-order valence-corrected chi connectivity index (χ3v) is 5.26. The third kappa shape index (κ3) is 5.53. The van der Waals surface area contributed by atoms with Gasteiger partial charge in [-0.1, -0.05) is 36.7 Å². The van der Waals surface area contributed by atoms with Crippen LogP contribution in [-0.4, -0.2) is 40.0 Å². The van der Waals surface area contributed by atoms with Crippen LogP contribution in [0.2, 0.25) is 5.02 Å². The van der Waals surface area contributed by atoms with Gasteiger partial charge in [0, 0.05) is 34.0 Å². The molecule has 0 aliphatic rings. The van der Waals surface area contributed by atoms with Crippen molar-refractivity contribution in [3.63, 3.8) is 0 Å². The summed E-state index contributed by atoms with van der Waals surface area (Å²) in [5, 5.41) is 15.6. The lowest BCUT2D eigenvalue weighted by molar-refractivity contribution is -0.142. The lowest BCUT2D eigenvalue weighted by Crippen LogP contribution is -2.52. The number of aliphatic carboxylic acids is 1. The molecule has 2 amide bonds. The highest BCUT2D eigenvalue weighted by Gasteiger charge is 2.27. The minimum atomic E-state index is -1.18. The van der Waals surface area contributed by atoms with E-state index in [1.165, 1.54) is 18.2 Å². The number of halogens is 1. The summed E-state index contributed by atoms with van der Waals surface area (Å²) < 4.78 is 0. The summed E-state index contributed by atoms with van der Waals surface area (Å²) in [5.74, 6) is -2.37. The Labute approximate surface area is 188 Å². The summed E-state index contributed by atoms with van der Waals surface area (Å²) in [6.45, 7) is 1.63. The fourth-order valence-corrected chi connectivity index (χ4v) is 3.45.